The van der Waals surface area contributed by atoms with Gasteiger partial charge in [0.25, 0.3) is 0 Å². The molecular formula is C45H31N3S2. The molecule has 1 aromatic heterocycles. The maximum absolute atomic E-state index is 5.25. The highest BCUT2D eigenvalue weighted by Crippen LogP contribution is 2.52. The van der Waals surface area contributed by atoms with Gasteiger partial charge in [-0.1, -0.05) is 140 Å². The summed E-state index contributed by atoms with van der Waals surface area (Å²) in [6.45, 7) is 0. The Morgan fingerprint density at radius 2 is 1.32 bits per heavy atom. The van der Waals surface area contributed by atoms with Crippen molar-refractivity contribution in [2.45, 2.75) is 22.2 Å². The van der Waals surface area contributed by atoms with E-state index in [4.69, 9.17) is 9.98 Å². The summed E-state index contributed by atoms with van der Waals surface area (Å²) >= 11 is 3.83. The molecule has 0 saturated heterocycles. The average Bonchev–Trinajstić information content (AvgIpc) is 3.76. The molecule has 0 saturated carbocycles. The van der Waals surface area contributed by atoms with E-state index in [1.807, 2.05) is 47.4 Å². The van der Waals surface area contributed by atoms with E-state index in [1.165, 1.54) is 52.9 Å². The number of hydrogen-bond donors (Lipinski definition) is 1. The standard InChI is InChI=1S/C45H31N3S2/c1-3-12-28(13-4-1)43-46-44(29-14-5-2-6-15-29)48-45(47-43)35-25-23-30(31-22-24-33-32-16-7-9-19-38(32)50-41(33)27-31)26-37(35)34-18-11-21-40-42(34)36-17-8-10-20-39(36)49-40/h1-27,36,39,43H,(H,46,47,48). The number of amidine groups is 2. The fourth-order valence-corrected chi connectivity index (χ4v) is 10.0. The first kappa shape index (κ1) is 29.4. The van der Waals surface area contributed by atoms with Crippen molar-refractivity contribution in [1.82, 2.24) is 5.32 Å². The molecule has 1 aliphatic carbocycles. The Hall–Kier alpha value is -5.49. The summed E-state index contributed by atoms with van der Waals surface area (Å²) in [6, 6.07) is 50.1. The third kappa shape index (κ3) is 5.04. The summed E-state index contributed by atoms with van der Waals surface area (Å²) in [7, 11) is 0. The molecule has 5 heteroatoms. The number of fused-ring (bicyclic) bond motifs is 6. The van der Waals surface area contributed by atoms with Crippen molar-refractivity contribution in [3.05, 3.63) is 186 Å². The normalized spacial score (nSPS) is 19.2. The van der Waals surface area contributed by atoms with Crippen LogP contribution in [0.3, 0.4) is 0 Å². The van der Waals surface area contributed by atoms with Crippen LogP contribution in [-0.2, 0) is 0 Å². The zero-order chi connectivity index (χ0) is 33.0. The van der Waals surface area contributed by atoms with Crippen LogP contribution in [0.2, 0.25) is 0 Å². The van der Waals surface area contributed by atoms with Gasteiger partial charge in [-0.25, -0.2) is 9.98 Å². The first-order valence-corrected chi connectivity index (χ1v) is 18.7. The van der Waals surface area contributed by atoms with Crippen LogP contribution >= 0.6 is 23.1 Å². The van der Waals surface area contributed by atoms with Crippen LogP contribution in [0.4, 0.5) is 0 Å². The highest BCUT2D eigenvalue weighted by molar-refractivity contribution is 8.00. The van der Waals surface area contributed by atoms with E-state index < -0.39 is 0 Å². The van der Waals surface area contributed by atoms with Crippen LogP contribution in [0.15, 0.2) is 179 Å². The Balaban J connectivity index is 1.17. The molecule has 3 nitrogen and oxygen atoms in total. The molecule has 238 valence electrons. The smallest absolute Gasteiger partial charge is 0.159 e. The maximum Gasteiger partial charge on any atom is 0.159 e. The molecular weight excluding hydrogens is 647 g/mol. The molecule has 0 bridgehead atoms. The van der Waals surface area contributed by atoms with Crippen molar-refractivity contribution in [3.8, 4) is 22.3 Å². The van der Waals surface area contributed by atoms with Crippen molar-refractivity contribution in [2.75, 3.05) is 0 Å². The average molecular weight is 678 g/mol. The predicted octanol–water partition coefficient (Wildman–Crippen LogP) is 11.6. The second kappa shape index (κ2) is 12.1. The van der Waals surface area contributed by atoms with Crippen LogP contribution in [-0.4, -0.2) is 16.9 Å². The van der Waals surface area contributed by atoms with Gasteiger partial charge in [0.1, 0.15) is 12.0 Å². The van der Waals surface area contributed by atoms with Gasteiger partial charge in [-0.05, 0) is 57.6 Å². The summed E-state index contributed by atoms with van der Waals surface area (Å²) in [4.78, 5) is 11.7. The van der Waals surface area contributed by atoms with E-state index in [2.05, 4.69) is 145 Å². The first-order valence-electron chi connectivity index (χ1n) is 17.0. The molecule has 1 N–H and O–H groups in total. The van der Waals surface area contributed by atoms with Crippen LogP contribution in [0.25, 0.3) is 42.4 Å². The van der Waals surface area contributed by atoms with E-state index in [0.717, 1.165) is 28.4 Å². The number of nitrogens with zero attached hydrogens (tertiary/aromatic N) is 2. The Morgan fingerprint density at radius 1 is 0.560 bits per heavy atom. The Labute approximate surface area is 299 Å². The van der Waals surface area contributed by atoms with E-state index in [1.54, 1.807) is 0 Å². The van der Waals surface area contributed by atoms with E-state index >= 15 is 0 Å². The molecule has 3 heterocycles. The van der Waals surface area contributed by atoms with Gasteiger partial charge in [-0.3, -0.25) is 0 Å². The van der Waals surface area contributed by atoms with Crippen molar-refractivity contribution < 1.29 is 0 Å². The largest absolute Gasteiger partial charge is 0.344 e. The van der Waals surface area contributed by atoms with Crippen LogP contribution in [0.1, 0.15) is 34.3 Å². The number of rotatable bonds is 5. The molecule has 0 spiro atoms. The first-order chi connectivity index (χ1) is 24.8. The molecule has 2 aliphatic heterocycles. The summed E-state index contributed by atoms with van der Waals surface area (Å²) in [6.07, 6.45) is 8.83. The third-order valence-electron chi connectivity index (χ3n) is 9.91. The van der Waals surface area contributed by atoms with Crippen LogP contribution in [0, 0.1) is 0 Å². The lowest BCUT2D eigenvalue weighted by atomic mass is 9.84. The maximum atomic E-state index is 5.25. The number of aliphatic imine (C=N–C) groups is 2. The fraction of sp³-hybridized carbons (Fsp3) is 0.0667. The number of thiophene rings is 1. The Morgan fingerprint density at radius 3 is 2.22 bits per heavy atom. The lowest BCUT2D eigenvalue weighted by Gasteiger charge is -2.26. The zero-order valence-corrected chi connectivity index (χ0v) is 28.7. The second-order valence-electron chi connectivity index (χ2n) is 12.9. The van der Waals surface area contributed by atoms with E-state index in [9.17, 15) is 0 Å². The monoisotopic (exact) mass is 677 g/mol. The minimum Gasteiger partial charge on any atom is -0.344 e. The Kier molecular flexibility index (Phi) is 7.14. The van der Waals surface area contributed by atoms with Gasteiger partial charge in [0, 0.05) is 47.4 Å². The van der Waals surface area contributed by atoms with Crippen molar-refractivity contribution in [3.63, 3.8) is 0 Å². The highest BCUT2D eigenvalue weighted by Gasteiger charge is 2.34. The SMILES string of the molecule is C1=CC2Sc3cccc(-c4cc(-c5ccc6c(c5)sc5ccccc56)ccc4C4=NC(c5ccccc5)=NC(c5ccccc5)N4)c3C2C=C1. The van der Waals surface area contributed by atoms with Crippen molar-refractivity contribution in [2.24, 2.45) is 9.98 Å². The quantitative estimate of drug-likeness (QED) is 0.197. The van der Waals surface area contributed by atoms with Crippen molar-refractivity contribution >= 4 is 54.9 Å². The topological polar surface area (TPSA) is 36.8 Å². The molecule has 6 aromatic carbocycles. The molecule has 0 amide bonds. The summed E-state index contributed by atoms with van der Waals surface area (Å²) in [5.74, 6) is 1.88. The lowest BCUT2D eigenvalue weighted by molar-refractivity contribution is 0.674. The van der Waals surface area contributed by atoms with Gasteiger partial charge in [0.05, 0.1) is 0 Å². The number of hydrogen-bond acceptors (Lipinski definition) is 5. The van der Waals surface area contributed by atoms with Crippen LogP contribution < -0.4 is 5.32 Å². The summed E-state index contributed by atoms with van der Waals surface area (Å²) < 4.78 is 2.63. The molecule has 3 unspecified atom stereocenters. The van der Waals surface area contributed by atoms with Gasteiger partial charge in [0.15, 0.2) is 5.84 Å². The van der Waals surface area contributed by atoms with Gasteiger partial charge >= 0.3 is 0 Å². The van der Waals surface area contributed by atoms with Gasteiger partial charge in [-0.15, -0.1) is 23.1 Å². The minimum atomic E-state index is -0.269. The molecule has 50 heavy (non-hydrogen) atoms. The van der Waals surface area contributed by atoms with Gasteiger partial charge in [0.2, 0.25) is 0 Å². The zero-order valence-electron chi connectivity index (χ0n) is 27.0. The third-order valence-corrected chi connectivity index (χ3v) is 12.4. The van der Waals surface area contributed by atoms with Gasteiger partial charge in [-0.2, -0.15) is 0 Å². The van der Waals surface area contributed by atoms with E-state index in [0.29, 0.717) is 11.2 Å². The number of thioether (sulfide) groups is 1. The molecule has 10 rings (SSSR count). The molecule has 7 aromatic rings. The number of nitrogens with one attached hydrogen (secondary N) is 1. The minimum absolute atomic E-state index is 0.269. The van der Waals surface area contributed by atoms with Gasteiger partial charge < -0.3 is 5.32 Å². The highest BCUT2D eigenvalue weighted by atomic mass is 32.2. The van der Waals surface area contributed by atoms with Crippen LogP contribution in [0.5, 0.6) is 0 Å². The lowest BCUT2D eigenvalue weighted by Crippen LogP contribution is -2.34. The molecule has 0 radical (unpaired) electrons. The molecule has 0 fully saturated rings. The summed E-state index contributed by atoms with van der Waals surface area (Å²) in [5.41, 5.74) is 9.40. The number of allylic oxidation sites excluding steroid dienone is 3. The second-order valence-corrected chi connectivity index (χ2v) is 15.2. The fourth-order valence-electron chi connectivity index (χ4n) is 7.50. The number of benzene rings is 6. The molecule has 3 aliphatic rings. The molecule has 3 atom stereocenters. The van der Waals surface area contributed by atoms with E-state index in [-0.39, 0.29) is 6.17 Å². The summed E-state index contributed by atoms with van der Waals surface area (Å²) in [5, 5.41) is 6.79. The predicted molar refractivity (Wildman–Crippen MR) is 213 cm³/mol. The van der Waals surface area contributed by atoms with Crippen molar-refractivity contribution in [1.29, 1.82) is 0 Å². The Bertz CT molecular complexity index is 2560.